The van der Waals surface area contributed by atoms with Crippen molar-refractivity contribution in [2.75, 3.05) is 31.9 Å². The van der Waals surface area contributed by atoms with Crippen molar-refractivity contribution in [2.45, 2.75) is 19.5 Å². The fraction of sp³-hybridized carbons (Fsp3) is 0.233. The van der Waals surface area contributed by atoms with Crippen LogP contribution in [0.25, 0.3) is 39.5 Å². The molecule has 0 radical (unpaired) electrons. The molecule has 1 atom stereocenters. The van der Waals surface area contributed by atoms with E-state index < -0.39 is 0 Å². The number of aromatic nitrogens is 4. The Balaban J connectivity index is 1.44. The van der Waals surface area contributed by atoms with Crippen LogP contribution in [-0.2, 0) is 6.54 Å². The number of rotatable bonds is 6. The van der Waals surface area contributed by atoms with Gasteiger partial charge in [-0.25, -0.2) is 15.0 Å². The summed E-state index contributed by atoms with van der Waals surface area (Å²) < 4.78 is 2.08. The summed E-state index contributed by atoms with van der Waals surface area (Å²) in [6.07, 6.45) is 1.69. The van der Waals surface area contributed by atoms with E-state index in [9.17, 15) is 0 Å². The highest BCUT2D eigenvalue weighted by Gasteiger charge is 2.19. The zero-order valence-corrected chi connectivity index (χ0v) is 21.5. The molecule has 1 saturated heterocycles. The van der Waals surface area contributed by atoms with Gasteiger partial charge in [-0.1, -0.05) is 36.4 Å². The van der Waals surface area contributed by atoms with Crippen LogP contribution in [0.4, 0.5) is 5.82 Å². The molecule has 8 heteroatoms. The maximum absolute atomic E-state index is 6.30. The third-order valence-electron chi connectivity index (χ3n) is 7.13. The molecule has 5 N–H and O–H groups in total. The molecule has 5 aromatic rings. The number of nitrogen functional groups attached to an aromatic ring is 1. The average molecular weight is 505 g/mol. The second-order valence-electron chi connectivity index (χ2n) is 9.85. The van der Waals surface area contributed by atoms with Gasteiger partial charge in [0.2, 0.25) is 0 Å². The van der Waals surface area contributed by atoms with Crippen LogP contribution in [0.2, 0.25) is 0 Å². The SMILES string of the molecule is CC(N)c1ccc(-c2ccc3nc(-c4cccnc4N)n(-c4ccc(CN5CCNCC5)cc4)c3n2)cc1. The summed E-state index contributed by atoms with van der Waals surface area (Å²) in [6, 6.07) is 24.8. The van der Waals surface area contributed by atoms with E-state index in [-0.39, 0.29) is 6.04 Å². The van der Waals surface area contributed by atoms with Crippen LogP contribution in [0.1, 0.15) is 24.1 Å². The van der Waals surface area contributed by atoms with E-state index in [4.69, 9.17) is 21.4 Å². The highest BCUT2D eigenvalue weighted by Crippen LogP contribution is 2.32. The molecule has 4 heterocycles. The first-order valence-electron chi connectivity index (χ1n) is 13.1. The van der Waals surface area contributed by atoms with Gasteiger partial charge in [-0.3, -0.25) is 9.47 Å². The molecule has 1 unspecified atom stereocenters. The van der Waals surface area contributed by atoms with Gasteiger partial charge in [0.25, 0.3) is 0 Å². The van der Waals surface area contributed by atoms with Crippen molar-refractivity contribution in [3.05, 3.63) is 90.1 Å². The topological polar surface area (TPSA) is 111 Å². The lowest BCUT2D eigenvalue weighted by atomic mass is 10.0. The van der Waals surface area contributed by atoms with E-state index in [0.717, 1.165) is 77.8 Å². The minimum atomic E-state index is -0.0111. The van der Waals surface area contributed by atoms with E-state index in [1.54, 1.807) is 6.20 Å². The minimum Gasteiger partial charge on any atom is -0.383 e. The first kappa shape index (κ1) is 24.2. The van der Waals surface area contributed by atoms with Crippen molar-refractivity contribution >= 4 is 17.0 Å². The minimum absolute atomic E-state index is 0.0111. The molecule has 1 aliphatic rings. The van der Waals surface area contributed by atoms with Crippen molar-refractivity contribution in [3.63, 3.8) is 0 Å². The van der Waals surface area contributed by atoms with Gasteiger partial charge in [-0.2, -0.15) is 0 Å². The number of nitrogens with zero attached hydrogens (tertiary/aromatic N) is 5. The second-order valence-corrected chi connectivity index (χ2v) is 9.85. The molecule has 6 rings (SSSR count). The van der Waals surface area contributed by atoms with Crippen LogP contribution in [0, 0.1) is 0 Å². The average Bonchev–Trinajstić information content (AvgIpc) is 3.33. The maximum Gasteiger partial charge on any atom is 0.165 e. The number of imidazole rings is 1. The Morgan fingerprint density at radius 1 is 0.921 bits per heavy atom. The van der Waals surface area contributed by atoms with Gasteiger partial charge in [-0.15, -0.1) is 0 Å². The van der Waals surface area contributed by atoms with Gasteiger partial charge >= 0.3 is 0 Å². The highest BCUT2D eigenvalue weighted by molar-refractivity contribution is 5.84. The number of nitrogens with one attached hydrogen (secondary N) is 1. The van der Waals surface area contributed by atoms with E-state index in [1.165, 1.54) is 5.56 Å². The van der Waals surface area contributed by atoms with Gasteiger partial charge in [0, 0.05) is 56.2 Å². The fourth-order valence-electron chi connectivity index (χ4n) is 4.99. The Hall–Kier alpha value is -4.11. The Morgan fingerprint density at radius 3 is 2.39 bits per heavy atom. The smallest absolute Gasteiger partial charge is 0.165 e. The Kier molecular flexibility index (Phi) is 6.59. The van der Waals surface area contributed by atoms with Crippen molar-refractivity contribution in [1.29, 1.82) is 0 Å². The molecule has 0 aliphatic carbocycles. The highest BCUT2D eigenvalue weighted by atomic mass is 15.2. The lowest BCUT2D eigenvalue weighted by Crippen LogP contribution is -2.42. The lowest BCUT2D eigenvalue weighted by molar-refractivity contribution is 0.233. The van der Waals surface area contributed by atoms with Gasteiger partial charge < -0.3 is 16.8 Å². The summed E-state index contributed by atoms with van der Waals surface area (Å²) in [6.45, 7) is 7.13. The largest absolute Gasteiger partial charge is 0.383 e. The zero-order valence-electron chi connectivity index (χ0n) is 21.5. The van der Waals surface area contributed by atoms with Gasteiger partial charge in [0.15, 0.2) is 11.5 Å². The predicted octanol–water partition coefficient (Wildman–Crippen LogP) is 4.16. The number of anilines is 1. The molecule has 1 fully saturated rings. The van der Waals surface area contributed by atoms with Crippen LogP contribution in [0.15, 0.2) is 79.0 Å². The first-order chi connectivity index (χ1) is 18.6. The number of hydrogen-bond donors (Lipinski definition) is 3. The van der Waals surface area contributed by atoms with Crippen LogP contribution in [0.5, 0.6) is 0 Å². The van der Waals surface area contributed by atoms with Crippen LogP contribution < -0.4 is 16.8 Å². The zero-order chi connectivity index (χ0) is 26.1. The Bertz CT molecular complexity index is 1550. The summed E-state index contributed by atoms with van der Waals surface area (Å²) in [5.74, 6) is 1.16. The summed E-state index contributed by atoms with van der Waals surface area (Å²) in [5.41, 5.74) is 19.9. The molecule has 0 amide bonds. The summed E-state index contributed by atoms with van der Waals surface area (Å²) in [5, 5.41) is 3.42. The molecule has 2 aromatic carbocycles. The number of benzene rings is 2. The summed E-state index contributed by atoms with van der Waals surface area (Å²) in [4.78, 5) is 16.8. The number of hydrogen-bond acceptors (Lipinski definition) is 7. The second kappa shape index (κ2) is 10.3. The molecule has 1 aliphatic heterocycles. The number of pyridine rings is 2. The van der Waals surface area contributed by atoms with Crippen molar-refractivity contribution < 1.29 is 0 Å². The lowest BCUT2D eigenvalue weighted by Gasteiger charge is -2.27. The number of nitrogens with two attached hydrogens (primary N) is 2. The third kappa shape index (κ3) is 4.77. The molecule has 192 valence electrons. The Morgan fingerprint density at radius 2 is 1.68 bits per heavy atom. The molecule has 0 saturated carbocycles. The fourth-order valence-corrected chi connectivity index (χ4v) is 4.99. The number of piperazine rings is 1. The molecule has 3 aromatic heterocycles. The van der Waals surface area contributed by atoms with E-state index in [1.807, 2.05) is 31.2 Å². The molecular weight excluding hydrogens is 472 g/mol. The van der Waals surface area contributed by atoms with E-state index in [0.29, 0.717) is 5.82 Å². The molecule has 0 spiro atoms. The molecule has 0 bridgehead atoms. The first-order valence-corrected chi connectivity index (χ1v) is 13.1. The third-order valence-corrected chi connectivity index (χ3v) is 7.13. The number of fused-ring (bicyclic) bond motifs is 1. The van der Waals surface area contributed by atoms with Gasteiger partial charge in [-0.05, 0) is 54.4 Å². The molecular formula is C30H32N8. The standard InChI is InChI=1S/C30H32N8/c1-20(31)22-6-8-23(9-7-22)26-12-13-27-30(35-26)38(29(36-27)25-3-2-14-34-28(25)32)24-10-4-21(5-11-24)19-37-17-15-33-16-18-37/h2-14,20,33H,15-19,31H2,1H3,(H2,32,34). The quantitative estimate of drug-likeness (QED) is 0.318. The summed E-state index contributed by atoms with van der Waals surface area (Å²) >= 11 is 0. The molecule has 38 heavy (non-hydrogen) atoms. The van der Waals surface area contributed by atoms with Gasteiger partial charge in [0.05, 0.1) is 11.3 Å². The Labute approximate surface area is 222 Å². The predicted molar refractivity (Wildman–Crippen MR) is 153 cm³/mol. The van der Waals surface area contributed by atoms with E-state index >= 15 is 0 Å². The van der Waals surface area contributed by atoms with Crippen LogP contribution in [0.3, 0.4) is 0 Å². The summed E-state index contributed by atoms with van der Waals surface area (Å²) in [7, 11) is 0. The van der Waals surface area contributed by atoms with Crippen molar-refractivity contribution in [3.8, 4) is 28.3 Å². The van der Waals surface area contributed by atoms with Crippen molar-refractivity contribution in [2.24, 2.45) is 5.73 Å². The normalized spacial score (nSPS) is 15.1. The monoisotopic (exact) mass is 504 g/mol. The van der Waals surface area contributed by atoms with Crippen LogP contribution in [-0.4, -0.2) is 50.6 Å². The maximum atomic E-state index is 6.30. The van der Waals surface area contributed by atoms with E-state index in [2.05, 4.69) is 68.3 Å². The molecule has 8 nitrogen and oxygen atoms in total. The van der Waals surface area contributed by atoms with Crippen molar-refractivity contribution in [1.82, 2.24) is 29.7 Å². The van der Waals surface area contributed by atoms with Gasteiger partial charge in [0.1, 0.15) is 11.3 Å². The van der Waals surface area contributed by atoms with Crippen LogP contribution >= 0.6 is 0 Å².